The Hall–Kier alpha value is -3.19. The molecular formula is C20H18ClN5O2. The van der Waals surface area contributed by atoms with Gasteiger partial charge in [-0.2, -0.15) is 9.78 Å². The smallest absolute Gasteiger partial charge is 0.283 e. The van der Waals surface area contributed by atoms with Gasteiger partial charge in [-0.25, -0.2) is 9.97 Å². The zero-order valence-electron chi connectivity index (χ0n) is 15.9. The van der Waals surface area contributed by atoms with Crippen molar-refractivity contribution in [2.24, 2.45) is 0 Å². The van der Waals surface area contributed by atoms with Crippen LogP contribution in [0.5, 0.6) is 5.75 Å². The molecule has 8 heteroatoms. The Kier molecular flexibility index (Phi) is 4.39. The van der Waals surface area contributed by atoms with Crippen LogP contribution in [0.15, 0.2) is 41.6 Å². The third-order valence-corrected chi connectivity index (χ3v) is 5.14. The highest BCUT2D eigenvalue weighted by atomic mass is 35.5. The van der Waals surface area contributed by atoms with Gasteiger partial charge in [-0.15, -0.1) is 0 Å². The van der Waals surface area contributed by atoms with Crippen LogP contribution in [-0.4, -0.2) is 31.4 Å². The van der Waals surface area contributed by atoms with Crippen molar-refractivity contribution in [1.82, 2.24) is 24.3 Å². The number of benzene rings is 1. The first-order valence-electron chi connectivity index (χ1n) is 8.66. The van der Waals surface area contributed by atoms with E-state index in [0.717, 1.165) is 28.0 Å². The van der Waals surface area contributed by atoms with Gasteiger partial charge in [0.05, 0.1) is 24.4 Å². The number of hydrogen-bond donors (Lipinski definition) is 0. The van der Waals surface area contributed by atoms with Crippen LogP contribution in [0.4, 0.5) is 0 Å². The van der Waals surface area contributed by atoms with Gasteiger partial charge >= 0.3 is 0 Å². The minimum absolute atomic E-state index is 0.238. The van der Waals surface area contributed by atoms with Gasteiger partial charge in [-0.05, 0) is 38.5 Å². The Labute approximate surface area is 166 Å². The van der Waals surface area contributed by atoms with Crippen molar-refractivity contribution in [1.29, 1.82) is 0 Å². The van der Waals surface area contributed by atoms with Gasteiger partial charge in [0, 0.05) is 29.2 Å². The molecule has 4 rings (SSSR count). The number of aryl methyl sites for hydroxylation is 3. The maximum Gasteiger partial charge on any atom is 0.283 e. The van der Waals surface area contributed by atoms with Crippen LogP contribution < -0.4 is 10.3 Å². The molecular weight excluding hydrogens is 378 g/mol. The molecule has 142 valence electrons. The maximum atomic E-state index is 13.2. The fourth-order valence-corrected chi connectivity index (χ4v) is 3.68. The number of ether oxygens (including phenoxy) is 1. The molecule has 0 aliphatic carbocycles. The predicted molar refractivity (Wildman–Crippen MR) is 108 cm³/mol. The molecule has 28 heavy (non-hydrogen) atoms. The van der Waals surface area contributed by atoms with Crippen LogP contribution in [0, 0.1) is 20.8 Å². The standard InChI is InChI=1S/C20H18ClN5O2/c1-11-8-22-20(23-9-11)26-19(27)17-13(3)25(12(2)14(17)10-24-26)15-6-5-7-16(28-4)18(15)21/h5-10H,1-4H3. The molecule has 3 aromatic heterocycles. The predicted octanol–water partition coefficient (Wildman–Crippen LogP) is 3.55. The van der Waals surface area contributed by atoms with E-state index in [1.165, 1.54) is 4.68 Å². The van der Waals surface area contributed by atoms with Gasteiger partial charge in [-0.3, -0.25) is 4.79 Å². The summed E-state index contributed by atoms with van der Waals surface area (Å²) in [5, 5.41) is 6.06. The first kappa shape index (κ1) is 18.2. The van der Waals surface area contributed by atoms with E-state index in [1.807, 2.05) is 37.5 Å². The van der Waals surface area contributed by atoms with E-state index in [1.54, 1.807) is 31.8 Å². The fourth-order valence-electron chi connectivity index (χ4n) is 3.39. The van der Waals surface area contributed by atoms with Crippen molar-refractivity contribution in [3.8, 4) is 17.4 Å². The van der Waals surface area contributed by atoms with E-state index < -0.39 is 0 Å². The van der Waals surface area contributed by atoms with E-state index in [2.05, 4.69) is 15.1 Å². The molecule has 0 aliphatic heterocycles. The molecule has 0 saturated carbocycles. The summed E-state index contributed by atoms with van der Waals surface area (Å²) >= 11 is 6.53. The lowest BCUT2D eigenvalue weighted by molar-refractivity contribution is 0.415. The SMILES string of the molecule is COc1cccc(-n2c(C)c3cnn(-c4ncc(C)cn4)c(=O)c3c2C)c1Cl. The molecule has 3 heterocycles. The molecule has 0 unspecified atom stereocenters. The van der Waals surface area contributed by atoms with Crippen LogP contribution in [0.3, 0.4) is 0 Å². The van der Waals surface area contributed by atoms with Gasteiger partial charge in [-0.1, -0.05) is 17.7 Å². The van der Waals surface area contributed by atoms with E-state index in [0.29, 0.717) is 16.2 Å². The lowest BCUT2D eigenvalue weighted by atomic mass is 10.2. The van der Waals surface area contributed by atoms with E-state index >= 15 is 0 Å². The molecule has 0 atom stereocenters. The molecule has 0 N–H and O–H groups in total. The highest BCUT2D eigenvalue weighted by Crippen LogP contribution is 2.34. The molecule has 1 aromatic carbocycles. The van der Waals surface area contributed by atoms with Crippen LogP contribution in [0.1, 0.15) is 17.0 Å². The Morgan fingerprint density at radius 3 is 2.43 bits per heavy atom. The Bertz CT molecular complexity index is 1260. The summed E-state index contributed by atoms with van der Waals surface area (Å²) in [5.41, 5.74) is 2.99. The minimum Gasteiger partial charge on any atom is -0.495 e. The lowest BCUT2D eigenvalue weighted by Gasteiger charge is -2.13. The second-order valence-electron chi connectivity index (χ2n) is 6.51. The van der Waals surface area contributed by atoms with Gasteiger partial charge in [0.1, 0.15) is 10.8 Å². The normalized spacial score (nSPS) is 11.2. The van der Waals surface area contributed by atoms with Crippen LogP contribution >= 0.6 is 11.6 Å². The van der Waals surface area contributed by atoms with Gasteiger partial charge in [0.2, 0.25) is 0 Å². The van der Waals surface area contributed by atoms with Gasteiger partial charge < -0.3 is 9.30 Å². The van der Waals surface area contributed by atoms with E-state index in [-0.39, 0.29) is 11.5 Å². The van der Waals surface area contributed by atoms with Crippen molar-refractivity contribution in [3.05, 3.63) is 69.1 Å². The van der Waals surface area contributed by atoms with Crippen LogP contribution in [-0.2, 0) is 0 Å². The monoisotopic (exact) mass is 395 g/mol. The molecule has 0 spiro atoms. The summed E-state index contributed by atoms with van der Waals surface area (Å²) in [5.74, 6) is 0.807. The summed E-state index contributed by atoms with van der Waals surface area (Å²) < 4.78 is 8.49. The number of rotatable bonds is 3. The van der Waals surface area contributed by atoms with Crippen LogP contribution in [0.2, 0.25) is 5.02 Å². The summed E-state index contributed by atoms with van der Waals surface area (Å²) in [7, 11) is 1.57. The maximum absolute atomic E-state index is 13.2. The van der Waals surface area contributed by atoms with Crippen LogP contribution in [0.25, 0.3) is 22.4 Å². The average molecular weight is 396 g/mol. The Balaban J connectivity index is 2.01. The highest BCUT2D eigenvalue weighted by molar-refractivity contribution is 6.34. The molecule has 0 saturated heterocycles. The number of methoxy groups -OCH3 is 1. The number of aromatic nitrogens is 5. The van der Waals surface area contributed by atoms with Gasteiger partial charge in [0.25, 0.3) is 11.5 Å². The second kappa shape index (κ2) is 6.76. The lowest BCUT2D eigenvalue weighted by Crippen LogP contribution is -2.23. The van der Waals surface area contributed by atoms with Crippen molar-refractivity contribution in [3.63, 3.8) is 0 Å². The van der Waals surface area contributed by atoms with E-state index in [4.69, 9.17) is 16.3 Å². The quantitative estimate of drug-likeness (QED) is 0.530. The number of hydrogen-bond acceptors (Lipinski definition) is 5. The first-order chi connectivity index (χ1) is 13.4. The molecule has 0 aliphatic rings. The molecule has 4 aromatic rings. The zero-order chi connectivity index (χ0) is 20.0. The molecule has 7 nitrogen and oxygen atoms in total. The fraction of sp³-hybridized carbons (Fsp3) is 0.200. The highest BCUT2D eigenvalue weighted by Gasteiger charge is 2.20. The minimum atomic E-state index is -0.278. The molecule has 0 fully saturated rings. The number of fused-ring (bicyclic) bond motifs is 1. The largest absolute Gasteiger partial charge is 0.495 e. The Morgan fingerprint density at radius 1 is 1.04 bits per heavy atom. The summed E-state index contributed by atoms with van der Waals surface area (Å²) in [4.78, 5) is 21.6. The third-order valence-electron chi connectivity index (χ3n) is 4.76. The summed E-state index contributed by atoms with van der Waals surface area (Å²) in [6.07, 6.45) is 4.97. The molecule has 0 radical (unpaired) electrons. The first-order valence-corrected chi connectivity index (χ1v) is 9.03. The van der Waals surface area contributed by atoms with Crippen molar-refractivity contribution in [2.45, 2.75) is 20.8 Å². The number of halogens is 1. The third kappa shape index (κ3) is 2.66. The van der Waals surface area contributed by atoms with Crippen molar-refractivity contribution in [2.75, 3.05) is 7.11 Å². The zero-order valence-corrected chi connectivity index (χ0v) is 16.7. The summed E-state index contributed by atoms with van der Waals surface area (Å²) in [6, 6.07) is 5.54. The van der Waals surface area contributed by atoms with E-state index in [9.17, 15) is 4.79 Å². The van der Waals surface area contributed by atoms with Crippen molar-refractivity contribution >= 4 is 22.4 Å². The topological polar surface area (TPSA) is 74.8 Å². The average Bonchev–Trinajstić information content (AvgIpc) is 2.94. The summed E-state index contributed by atoms with van der Waals surface area (Å²) in [6.45, 7) is 5.69. The molecule has 0 amide bonds. The Morgan fingerprint density at radius 2 is 1.75 bits per heavy atom. The second-order valence-corrected chi connectivity index (χ2v) is 6.89. The number of nitrogens with zero attached hydrogens (tertiary/aromatic N) is 5. The van der Waals surface area contributed by atoms with Gasteiger partial charge in [0.15, 0.2) is 0 Å². The molecule has 0 bridgehead atoms. The van der Waals surface area contributed by atoms with Crippen molar-refractivity contribution < 1.29 is 4.74 Å².